The van der Waals surface area contributed by atoms with Gasteiger partial charge in [-0.25, -0.2) is 0 Å². The van der Waals surface area contributed by atoms with Gasteiger partial charge >= 0.3 is 0 Å². The average molecular weight is 293 g/mol. The van der Waals surface area contributed by atoms with Gasteiger partial charge in [0.1, 0.15) is 0 Å². The van der Waals surface area contributed by atoms with Gasteiger partial charge in [-0.2, -0.15) is 0 Å². The normalized spacial score (nSPS) is 17.0. The molecule has 1 aliphatic rings. The second-order valence-electron chi connectivity index (χ2n) is 5.39. The summed E-state index contributed by atoms with van der Waals surface area (Å²) in [6.45, 7) is 5.85. The van der Waals surface area contributed by atoms with Crippen LogP contribution in [-0.2, 0) is 4.79 Å². The maximum Gasteiger partial charge on any atom is 0.243 e. The third-order valence-electron chi connectivity index (χ3n) is 3.32. The quantitative estimate of drug-likeness (QED) is 0.867. The molecule has 1 aromatic carbocycles. The van der Waals surface area contributed by atoms with Crippen LogP contribution in [0.1, 0.15) is 37.6 Å². The summed E-state index contributed by atoms with van der Waals surface area (Å²) < 4.78 is -0.558. The van der Waals surface area contributed by atoms with Crippen molar-refractivity contribution >= 4 is 29.1 Å². The van der Waals surface area contributed by atoms with Crippen molar-refractivity contribution in [2.24, 2.45) is 0 Å². The lowest BCUT2D eigenvalue weighted by Gasteiger charge is -2.38. The second kappa shape index (κ2) is 5.58. The molecule has 20 heavy (non-hydrogen) atoms. The lowest BCUT2D eigenvalue weighted by molar-refractivity contribution is -0.120. The fourth-order valence-corrected chi connectivity index (χ4v) is 3.46. The van der Waals surface area contributed by atoms with E-state index < -0.39 is 4.75 Å². The van der Waals surface area contributed by atoms with Crippen LogP contribution in [0.25, 0.3) is 0 Å². The summed E-state index contributed by atoms with van der Waals surface area (Å²) in [5.74, 6) is 0.0593. The number of anilines is 1. The monoisotopic (exact) mass is 293 g/mol. The maximum absolute atomic E-state index is 12.5. The number of amides is 1. The zero-order valence-electron chi connectivity index (χ0n) is 12.0. The van der Waals surface area contributed by atoms with Gasteiger partial charge in [-0.1, -0.05) is 0 Å². The fraction of sp³-hybridized carbons (Fsp3) is 0.467. The number of nitrogens with zero attached hydrogens (tertiary/aromatic N) is 1. The molecular formula is C15H19NO3S. The smallest absolute Gasteiger partial charge is 0.243 e. The van der Waals surface area contributed by atoms with E-state index in [1.165, 1.54) is 18.7 Å². The molecule has 0 atom stereocenters. The van der Waals surface area contributed by atoms with Gasteiger partial charge in [0.05, 0.1) is 10.4 Å². The first-order valence-corrected chi connectivity index (χ1v) is 7.45. The average Bonchev–Trinajstić information content (AvgIpc) is 2.38. The molecule has 1 amide bonds. The largest absolute Gasteiger partial charge is 0.396 e. The second-order valence-corrected chi connectivity index (χ2v) is 7.05. The summed E-state index contributed by atoms with van der Waals surface area (Å²) in [5.41, 5.74) is 1.49. The van der Waals surface area contributed by atoms with E-state index in [-0.39, 0.29) is 18.3 Å². The van der Waals surface area contributed by atoms with Crippen molar-refractivity contribution in [2.45, 2.75) is 36.8 Å². The van der Waals surface area contributed by atoms with Crippen molar-refractivity contribution < 1.29 is 14.7 Å². The Morgan fingerprint density at radius 3 is 2.70 bits per heavy atom. The Labute approximate surface area is 123 Å². The van der Waals surface area contributed by atoms with E-state index >= 15 is 0 Å². The van der Waals surface area contributed by atoms with Gasteiger partial charge in [0.15, 0.2) is 5.78 Å². The number of benzene rings is 1. The van der Waals surface area contributed by atoms with Crippen LogP contribution >= 0.6 is 11.8 Å². The summed E-state index contributed by atoms with van der Waals surface area (Å²) in [4.78, 5) is 26.6. The van der Waals surface area contributed by atoms with Gasteiger partial charge in [-0.05, 0) is 45.4 Å². The van der Waals surface area contributed by atoms with Crippen LogP contribution in [0.2, 0.25) is 0 Å². The molecule has 0 fully saturated rings. The topological polar surface area (TPSA) is 57.6 Å². The van der Waals surface area contributed by atoms with Gasteiger partial charge in [-0.15, -0.1) is 11.8 Å². The number of rotatable bonds is 4. The molecule has 1 aliphatic heterocycles. The van der Waals surface area contributed by atoms with Crippen LogP contribution in [0.5, 0.6) is 0 Å². The van der Waals surface area contributed by atoms with Crippen LogP contribution in [0.15, 0.2) is 23.1 Å². The van der Waals surface area contributed by atoms with Crippen molar-refractivity contribution in [2.75, 3.05) is 18.1 Å². The standard InChI is InChI=1S/C15H19NO3S/c1-10(18)11-5-6-12-13(9-11)20-15(2,3)14(19)16(12)7-4-8-17/h5-6,9,17H,4,7-8H2,1-3H3. The Morgan fingerprint density at radius 1 is 1.40 bits per heavy atom. The van der Waals surface area contributed by atoms with Gasteiger partial charge in [-0.3, -0.25) is 9.59 Å². The van der Waals surface area contributed by atoms with Gasteiger partial charge in [0.2, 0.25) is 5.91 Å². The third kappa shape index (κ3) is 2.74. The molecule has 5 heteroatoms. The highest BCUT2D eigenvalue weighted by Gasteiger charge is 2.39. The molecular weight excluding hydrogens is 274 g/mol. The molecule has 1 N–H and O–H groups in total. The zero-order chi connectivity index (χ0) is 14.9. The molecule has 0 bridgehead atoms. The highest BCUT2D eigenvalue weighted by molar-refractivity contribution is 8.01. The molecule has 1 heterocycles. The van der Waals surface area contributed by atoms with E-state index in [0.717, 1.165) is 10.6 Å². The Kier molecular flexibility index (Phi) is 4.20. The molecule has 0 saturated carbocycles. The molecule has 0 aliphatic carbocycles. The lowest BCUT2D eigenvalue weighted by Crippen LogP contribution is -2.47. The van der Waals surface area contributed by atoms with Crippen molar-refractivity contribution in [3.8, 4) is 0 Å². The number of fused-ring (bicyclic) bond motifs is 1. The Hall–Kier alpha value is -1.33. The summed E-state index contributed by atoms with van der Waals surface area (Å²) >= 11 is 1.49. The minimum Gasteiger partial charge on any atom is -0.396 e. The van der Waals surface area contributed by atoms with Crippen LogP contribution in [0.3, 0.4) is 0 Å². The van der Waals surface area contributed by atoms with E-state index in [0.29, 0.717) is 18.5 Å². The molecule has 108 valence electrons. The van der Waals surface area contributed by atoms with E-state index in [1.807, 2.05) is 26.0 Å². The van der Waals surface area contributed by atoms with Crippen LogP contribution < -0.4 is 4.90 Å². The molecule has 0 saturated heterocycles. The predicted octanol–water partition coefficient (Wildman–Crippen LogP) is 2.49. The van der Waals surface area contributed by atoms with Crippen LogP contribution in [0.4, 0.5) is 5.69 Å². The molecule has 0 unspecified atom stereocenters. The molecule has 0 radical (unpaired) electrons. The number of hydrogen-bond acceptors (Lipinski definition) is 4. The molecule has 0 aromatic heterocycles. The molecule has 2 rings (SSSR count). The summed E-state index contributed by atoms with van der Waals surface area (Å²) in [6, 6.07) is 5.42. The Morgan fingerprint density at radius 2 is 2.10 bits per heavy atom. The highest BCUT2D eigenvalue weighted by atomic mass is 32.2. The van der Waals surface area contributed by atoms with Crippen molar-refractivity contribution in [1.82, 2.24) is 0 Å². The highest BCUT2D eigenvalue weighted by Crippen LogP contribution is 2.45. The van der Waals surface area contributed by atoms with Crippen molar-refractivity contribution in [1.29, 1.82) is 0 Å². The zero-order valence-corrected chi connectivity index (χ0v) is 12.8. The third-order valence-corrected chi connectivity index (χ3v) is 4.55. The number of aliphatic hydroxyl groups is 1. The van der Waals surface area contributed by atoms with Gasteiger partial charge < -0.3 is 10.0 Å². The van der Waals surface area contributed by atoms with E-state index in [1.54, 1.807) is 11.0 Å². The van der Waals surface area contributed by atoms with Crippen molar-refractivity contribution in [3.63, 3.8) is 0 Å². The fourth-order valence-electron chi connectivity index (χ4n) is 2.24. The first kappa shape index (κ1) is 15.1. The van der Waals surface area contributed by atoms with Crippen LogP contribution in [0, 0.1) is 0 Å². The summed E-state index contributed by atoms with van der Waals surface area (Å²) in [7, 11) is 0. The maximum atomic E-state index is 12.5. The number of Topliss-reactive ketones (excluding diaryl/α,β-unsaturated/α-hetero) is 1. The first-order valence-electron chi connectivity index (χ1n) is 6.63. The number of hydrogen-bond donors (Lipinski definition) is 1. The Balaban J connectivity index is 2.45. The molecule has 4 nitrogen and oxygen atoms in total. The summed E-state index contributed by atoms with van der Waals surface area (Å²) in [6.07, 6.45) is 0.542. The number of carbonyl (C=O) groups excluding carboxylic acids is 2. The number of carbonyl (C=O) groups is 2. The lowest BCUT2D eigenvalue weighted by atomic mass is 10.1. The van der Waals surface area contributed by atoms with Crippen LogP contribution in [-0.4, -0.2) is 34.7 Å². The van der Waals surface area contributed by atoms with Crippen molar-refractivity contribution in [3.05, 3.63) is 23.8 Å². The van der Waals surface area contributed by atoms with E-state index in [2.05, 4.69) is 0 Å². The van der Waals surface area contributed by atoms with E-state index in [9.17, 15) is 9.59 Å². The molecule has 0 spiro atoms. The van der Waals surface area contributed by atoms with E-state index in [4.69, 9.17) is 5.11 Å². The SMILES string of the molecule is CC(=O)c1ccc2c(c1)SC(C)(C)C(=O)N2CCCO. The first-order chi connectivity index (χ1) is 9.36. The minimum atomic E-state index is -0.558. The van der Waals surface area contributed by atoms with Gasteiger partial charge in [0, 0.05) is 23.6 Å². The van der Waals surface area contributed by atoms with Gasteiger partial charge in [0.25, 0.3) is 0 Å². The number of ketones is 1. The number of thioether (sulfide) groups is 1. The summed E-state index contributed by atoms with van der Waals surface area (Å²) in [5, 5.41) is 8.99. The predicted molar refractivity (Wildman–Crippen MR) is 80.4 cm³/mol. The number of aliphatic hydroxyl groups excluding tert-OH is 1. The Bertz CT molecular complexity index is 554. The molecule has 1 aromatic rings. The minimum absolute atomic E-state index is 0.0185.